The first-order chi connectivity index (χ1) is 6.98. The first kappa shape index (κ1) is 13.9. The lowest BCUT2D eigenvalue weighted by atomic mass is 9.88. The van der Waals surface area contributed by atoms with Crippen molar-refractivity contribution >= 4 is 14.1 Å². The van der Waals surface area contributed by atoms with Gasteiger partial charge in [0.1, 0.15) is 5.78 Å². The molecular formula is C13H26O2Si. The molecule has 1 unspecified atom stereocenters. The second-order valence-corrected chi connectivity index (χ2v) is 11.8. The summed E-state index contributed by atoms with van der Waals surface area (Å²) >= 11 is 0. The summed E-state index contributed by atoms with van der Waals surface area (Å²) in [6, 6.07) is 0. The number of rotatable bonds is 2. The van der Waals surface area contributed by atoms with E-state index in [-0.39, 0.29) is 16.6 Å². The van der Waals surface area contributed by atoms with Gasteiger partial charge in [0.15, 0.2) is 8.32 Å². The predicted molar refractivity (Wildman–Crippen MR) is 70.1 cm³/mol. The fourth-order valence-electron chi connectivity index (χ4n) is 1.86. The van der Waals surface area contributed by atoms with Crippen LogP contribution in [0.2, 0.25) is 18.1 Å². The average molecular weight is 242 g/mol. The molecule has 1 rings (SSSR count). The lowest BCUT2D eigenvalue weighted by Gasteiger charge is -2.41. The van der Waals surface area contributed by atoms with Gasteiger partial charge in [-0.05, 0) is 24.6 Å². The van der Waals surface area contributed by atoms with E-state index in [1.165, 1.54) is 0 Å². The van der Waals surface area contributed by atoms with E-state index >= 15 is 0 Å². The highest BCUT2D eigenvalue weighted by molar-refractivity contribution is 6.74. The third-order valence-corrected chi connectivity index (χ3v) is 8.89. The Labute approximate surface area is 101 Å². The zero-order chi connectivity index (χ0) is 12.8. The van der Waals surface area contributed by atoms with Crippen LogP contribution < -0.4 is 0 Å². The minimum Gasteiger partial charge on any atom is -0.413 e. The van der Waals surface area contributed by atoms with Gasteiger partial charge in [-0.25, -0.2) is 0 Å². The van der Waals surface area contributed by atoms with Gasteiger partial charge in [0.25, 0.3) is 0 Å². The molecule has 1 aliphatic carbocycles. The van der Waals surface area contributed by atoms with Crippen LogP contribution in [0.3, 0.4) is 0 Å². The number of carbonyl (C=O) groups excluding carboxylic acids is 1. The van der Waals surface area contributed by atoms with Crippen molar-refractivity contribution in [2.24, 2.45) is 5.41 Å². The van der Waals surface area contributed by atoms with Gasteiger partial charge in [0.05, 0.1) is 6.10 Å². The molecule has 2 nitrogen and oxygen atoms in total. The van der Waals surface area contributed by atoms with Crippen LogP contribution in [0.5, 0.6) is 0 Å². The monoisotopic (exact) mass is 242 g/mol. The van der Waals surface area contributed by atoms with Crippen LogP contribution in [0.25, 0.3) is 0 Å². The first-order valence-electron chi connectivity index (χ1n) is 6.19. The van der Waals surface area contributed by atoms with Crippen molar-refractivity contribution in [1.82, 2.24) is 0 Å². The highest BCUT2D eigenvalue weighted by Gasteiger charge is 2.48. The maximum absolute atomic E-state index is 11.8. The summed E-state index contributed by atoms with van der Waals surface area (Å²) in [5.41, 5.74) is -0.282. The van der Waals surface area contributed by atoms with Gasteiger partial charge >= 0.3 is 0 Å². The highest BCUT2D eigenvalue weighted by atomic mass is 28.4. The molecule has 0 aliphatic heterocycles. The van der Waals surface area contributed by atoms with Gasteiger partial charge in [-0.15, -0.1) is 0 Å². The fraction of sp³-hybridized carbons (Fsp3) is 0.923. The molecule has 0 aromatic carbocycles. The van der Waals surface area contributed by atoms with Crippen LogP contribution in [-0.4, -0.2) is 20.2 Å². The maximum Gasteiger partial charge on any atom is 0.192 e. The molecule has 0 bridgehead atoms. The predicted octanol–water partition coefficient (Wildman–Crippen LogP) is 3.77. The van der Waals surface area contributed by atoms with Crippen molar-refractivity contribution in [1.29, 1.82) is 0 Å². The number of carbonyl (C=O) groups is 1. The summed E-state index contributed by atoms with van der Waals surface area (Å²) < 4.78 is 6.37. The zero-order valence-electron chi connectivity index (χ0n) is 11.8. The lowest BCUT2D eigenvalue weighted by molar-refractivity contribution is -0.126. The molecule has 0 amide bonds. The van der Waals surface area contributed by atoms with Crippen LogP contribution in [0.1, 0.15) is 47.5 Å². The van der Waals surface area contributed by atoms with Crippen molar-refractivity contribution in [3.05, 3.63) is 0 Å². The molecule has 0 aromatic heterocycles. The van der Waals surface area contributed by atoms with Crippen molar-refractivity contribution in [3.63, 3.8) is 0 Å². The standard InChI is InChI=1S/C13H26O2Si/c1-12(2,3)16(6,7)15-11-9-8-10(14)13(11,4)5/h11H,8-9H2,1-7H3. The molecule has 16 heavy (non-hydrogen) atoms. The molecule has 3 heteroatoms. The van der Waals surface area contributed by atoms with Crippen molar-refractivity contribution in [3.8, 4) is 0 Å². The number of Topliss-reactive ketones (excluding diaryl/α,β-unsaturated/α-hetero) is 1. The minimum atomic E-state index is -1.74. The lowest BCUT2D eigenvalue weighted by Crippen LogP contribution is -2.47. The molecular weight excluding hydrogens is 216 g/mol. The summed E-state index contributed by atoms with van der Waals surface area (Å²) in [5, 5.41) is 0.217. The molecule has 1 aliphatic rings. The molecule has 0 spiro atoms. The zero-order valence-corrected chi connectivity index (χ0v) is 12.8. The number of hydrogen-bond donors (Lipinski definition) is 0. The topological polar surface area (TPSA) is 26.3 Å². The third-order valence-electron chi connectivity index (χ3n) is 4.40. The largest absolute Gasteiger partial charge is 0.413 e. The average Bonchev–Trinajstić information content (AvgIpc) is 2.29. The smallest absolute Gasteiger partial charge is 0.192 e. The second-order valence-electron chi connectivity index (χ2n) is 7.05. The molecule has 1 atom stereocenters. The van der Waals surface area contributed by atoms with E-state index in [4.69, 9.17) is 4.43 Å². The van der Waals surface area contributed by atoms with Gasteiger partial charge < -0.3 is 4.43 Å². The Bertz CT molecular complexity index is 287. The van der Waals surface area contributed by atoms with E-state index in [1.54, 1.807) is 0 Å². The van der Waals surface area contributed by atoms with Crippen LogP contribution >= 0.6 is 0 Å². The van der Waals surface area contributed by atoms with Crippen LogP contribution in [0.15, 0.2) is 0 Å². The van der Waals surface area contributed by atoms with E-state index in [2.05, 4.69) is 33.9 Å². The first-order valence-corrected chi connectivity index (χ1v) is 9.10. The summed E-state index contributed by atoms with van der Waals surface area (Å²) in [5.74, 6) is 0.358. The summed E-state index contributed by atoms with van der Waals surface area (Å²) in [4.78, 5) is 11.8. The minimum absolute atomic E-state index is 0.126. The Balaban J connectivity index is 2.80. The summed E-state index contributed by atoms with van der Waals surface area (Å²) in [7, 11) is -1.74. The fourth-order valence-corrected chi connectivity index (χ4v) is 3.34. The Morgan fingerprint density at radius 3 is 2.12 bits per heavy atom. The SMILES string of the molecule is CC1(C)C(=O)CCC1O[Si](C)(C)C(C)(C)C. The van der Waals surface area contributed by atoms with Crippen LogP contribution in [0.4, 0.5) is 0 Å². The van der Waals surface area contributed by atoms with Crippen molar-refractivity contribution in [2.45, 2.75) is 71.7 Å². The van der Waals surface area contributed by atoms with Gasteiger partial charge in [0, 0.05) is 11.8 Å². The molecule has 1 fully saturated rings. The molecule has 1 saturated carbocycles. The van der Waals surface area contributed by atoms with Crippen molar-refractivity contribution < 1.29 is 9.22 Å². The van der Waals surface area contributed by atoms with Gasteiger partial charge in [-0.3, -0.25) is 4.79 Å². The Kier molecular flexibility index (Phi) is 3.43. The molecule has 0 saturated heterocycles. The van der Waals surface area contributed by atoms with E-state index in [0.29, 0.717) is 12.2 Å². The Hall–Kier alpha value is -0.153. The maximum atomic E-state index is 11.8. The van der Waals surface area contributed by atoms with E-state index in [0.717, 1.165) is 6.42 Å². The molecule has 0 radical (unpaired) electrons. The normalized spacial score (nSPS) is 26.2. The quantitative estimate of drug-likeness (QED) is 0.689. The Morgan fingerprint density at radius 2 is 1.81 bits per heavy atom. The van der Waals surface area contributed by atoms with Gasteiger partial charge in [-0.1, -0.05) is 34.6 Å². The second kappa shape index (κ2) is 3.95. The number of ketones is 1. The van der Waals surface area contributed by atoms with E-state index < -0.39 is 8.32 Å². The van der Waals surface area contributed by atoms with Crippen LogP contribution in [-0.2, 0) is 9.22 Å². The van der Waals surface area contributed by atoms with Gasteiger partial charge in [0.2, 0.25) is 0 Å². The Morgan fingerprint density at radius 1 is 1.31 bits per heavy atom. The van der Waals surface area contributed by atoms with Gasteiger partial charge in [-0.2, -0.15) is 0 Å². The van der Waals surface area contributed by atoms with Crippen molar-refractivity contribution in [2.75, 3.05) is 0 Å². The molecule has 94 valence electrons. The number of hydrogen-bond acceptors (Lipinski definition) is 2. The highest BCUT2D eigenvalue weighted by Crippen LogP contribution is 2.43. The third kappa shape index (κ3) is 2.40. The molecule has 0 heterocycles. The van der Waals surface area contributed by atoms with E-state index in [1.807, 2.05) is 13.8 Å². The van der Waals surface area contributed by atoms with Crippen LogP contribution in [0, 0.1) is 5.41 Å². The molecule has 0 N–H and O–H groups in total. The summed E-state index contributed by atoms with van der Waals surface area (Å²) in [6.45, 7) is 15.3. The molecule has 0 aromatic rings. The summed E-state index contributed by atoms with van der Waals surface area (Å²) in [6.07, 6.45) is 1.71. The van der Waals surface area contributed by atoms with E-state index in [9.17, 15) is 4.79 Å².